The van der Waals surface area contributed by atoms with E-state index in [9.17, 15) is 9.59 Å². The first-order chi connectivity index (χ1) is 9.47. The number of rotatable bonds is 8. The zero-order valence-electron chi connectivity index (χ0n) is 12.7. The molecule has 1 aliphatic heterocycles. The maximum Gasteiger partial charge on any atom is 0.303 e. The van der Waals surface area contributed by atoms with Crippen molar-refractivity contribution >= 4 is 11.9 Å². The Hall–Kier alpha value is -1.10. The summed E-state index contributed by atoms with van der Waals surface area (Å²) in [5, 5.41) is 15.1. The van der Waals surface area contributed by atoms with Gasteiger partial charge in [-0.1, -0.05) is 13.8 Å². The van der Waals surface area contributed by atoms with Crippen LogP contribution in [-0.2, 0) is 9.59 Å². The molecule has 1 saturated heterocycles. The smallest absolute Gasteiger partial charge is 0.303 e. The first-order valence-corrected chi connectivity index (χ1v) is 7.66. The van der Waals surface area contributed by atoms with Gasteiger partial charge in [0.15, 0.2) is 0 Å². The van der Waals surface area contributed by atoms with Gasteiger partial charge in [0.2, 0.25) is 5.91 Å². The summed E-state index contributed by atoms with van der Waals surface area (Å²) in [6.45, 7) is 6.59. The zero-order valence-corrected chi connectivity index (χ0v) is 12.7. The van der Waals surface area contributed by atoms with Crippen molar-refractivity contribution in [3.05, 3.63) is 0 Å². The Morgan fingerprint density at radius 2 is 2.15 bits per heavy atom. The van der Waals surface area contributed by atoms with Crippen LogP contribution in [0.15, 0.2) is 0 Å². The van der Waals surface area contributed by atoms with Crippen molar-refractivity contribution < 1.29 is 14.7 Å². The van der Waals surface area contributed by atoms with Crippen molar-refractivity contribution in [2.75, 3.05) is 19.6 Å². The molecule has 2 atom stereocenters. The Morgan fingerprint density at radius 3 is 2.70 bits per heavy atom. The molecule has 3 N–H and O–H groups in total. The highest BCUT2D eigenvalue weighted by atomic mass is 16.4. The second kappa shape index (κ2) is 8.95. The molecule has 0 aliphatic carbocycles. The number of carbonyl (C=O) groups is 2. The number of nitrogens with one attached hydrogen (secondary N) is 2. The Labute approximate surface area is 121 Å². The van der Waals surface area contributed by atoms with Crippen LogP contribution in [0.5, 0.6) is 0 Å². The van der Waals surface area contributed by atoms with E-state index in [1.165, 1.54) is 0 Å². The third-order valence-electron chi connectivity index (χ3n) is 3.73. The summed E-state index contributed by atoms with van der Waals surface area (Å²) >= 11 is 0. The van der Waals surface area contributed by atoms with Crippen LogP contribution in [0.4, 0.5) is 0 Å². The fourth-order valence-corrected chi connectivity index (χ4v) is 2.84. The van der Waals surface area contributed by atoms with E-state index in [1.807, 2.05) is 0 Å². The van der Waals surface area contributed by atoms with E-state index < -0.39 is 5.97 Å². The van der Waals surface area contributed by atoms with Crippen molar-refractivity contribution in [3.63, 3.8) is 0 Å². The van der Waals surface area contributed by atoms with Crippen LogP contribution >= 0.6 is 0 Å². The minimum atomic E-state index is -0.790. The molecule has 0 aromatic heterocycles. The molecular weight excluding hydrogens is 256 g/mol. The summed E-state index contributed by atoms with van der Waals surface area (Å²) < 4.78 is 0. The van der Waals surface area contributed by atoms with Gasteiger partial charge in [-0.05, 0) is 50.1 Å². The molecule has 1 rings (SSSR count). The van der Waals surface area contributed by atoms with Gasteiger partial charge in [0.25, 0.3) is 0 Å². The lowest BCUT2D eigenvalue weighted by atomic mass is 9.93. The number of piperidine rings is 1. The molecule has 0 aromatic rings. The fraction of sp³-hybridized carbons (Fsp3) is 0.867. The van der Waals surface area contributed by atoms with E-state index in [4.69, 9.17) is 5.11 Å². The van der Waals surface area contributed by atoms with Gasteiger partial charge in [0.1, 0.15) is 0 Å². The molecule has 0 bridgehead atoms. The van der Waals surface area contributed by atoms with Gasteiger partial charge < -0.3 is 15.7 Å². The minimum absolute atomic E-state index is 0.0286. The van der Waals surface area contributed by atoms with E-state index >= 15 is 0 Å². The van der Waals surface area contributed by atoms with Gasteiger partial charge in [-0.25, -0.2) is 0 Å². The van der Waals surface area contributed by atoms with Crippen molar-refractivity contribution in [2.24, 2.45) is 17.8 Å². The molecule has 5 heteroatoms. The quantitative estimate of drug-likeness (QED) is 0.633. The predicted octanol–water partition coefficient (Wildman–Crippen LogP) is 1.63. The second-order valence-corrected chi connectivity index (χ2v) is 6.31. The highest BCUT2D eigenvalue weighted by Crippen LogP contribution is 2.16. The van der Waals surface area contributed by atoms with Crippen LogP contribution in [0.1, 0.15) is 46.0 Å². The molecule has 0 spiro atoms. The molecule has 5 nitrogen and oxygen atoms in total. The average molecular weight is 284 g/mol. The normalized spacial score (nSPS) is 20.6. The third kappa shape index (κ3) is 7.48. The van der Waals surface area contributed by atoms with Crippen molar-refractivity contribution in [2.45, 2.75) is 46.0 Å². The van der Waals surface area contributed by atoms with Gasteiger partial charge in [-0.2, -0.15) is 0 Å². The molecule has 116 valence electrons. The third-order valence-corrected chi connectivity index (χ3v) is 3.73. The Kier molecular flexibility index (Phi) is 7.59. The van der Waals surface area contributed by atoms with Crippen LogP contribution in [-0.4, -0.2) is 36.6 Å². The summed E-state index contributed by atoms with van der Waals surface area (Å²) in [4.78, 5) is 22.7. The van der Waals surface area contributed by atoms with Crippen LogP contribution in [0.3, 0.4) is 0 Å². The monoisotopic (exact) mass is 284 g/mol. The Bertz CT molecular complexity index is 312. The number of amides is 1. The van der Waals surface area contributed by atoms with Crippen LogP contribution < -0.4 is 10.6 Å². The minimum Gasteiger partial charge on any atom is -0.481 e. The predicted molar refractivity (Wildman–Crippen MR) is 78.4 cm³/mol. The molecule has 0 aromatic carbocycles. The van der Waals surface area contributed by atoms with Gasteiger partial charge in [0.05, 0.1) is 0 Å². The molecular formula is C15H28N2O3. The highest BCUT2D eigenvalue weighted by Gasteiger charge is 2.19. The average Bonchev–Trinajstić information content (AvgIpc) is 2.36. The molecule has 1 fully saturated rings. The van der Waals surface area contributed by atoms with Crippen molar-refractivity contribution in [1.29, 1.82) is 0 Å². The lowest BCUT2D eigenvalue weighted by Gasteiger charge is -2.23. The summed E-state index contributed by atoms with van der Waals surface area (Å²) in [6.07, 6.45) is 3.74. The standard InChI is InChI=1S/C15H28N2O3/c1-11(2)6-13(8-15(19)20)10-17-14(18)7-12-4-3-5-16-9-12/h11-13,16H,3-10H2,1-2H3,(H,17,18)(H,19,20)/t12?,13-/m0/s1. The van der Waals surface area contributed by atoms with E-state index in [-0.39, 0.29) is 18.2 Å². The van der Waals surface area contributed by atoms with Crippen molar-refractivity contribution in [1.82, 2.24) is 10.6 Å². The van der Waals surface area contributed by atoms with E-state index in [2.05, 4.69) is 24.5 Å². The van der Waals surface area contributed by atoms with E-state index in [0.717, 1.165) is 32.4 Å². The lowest BCUT2D eigenvalue weighted by molar-refractivity contribution is -0.138. The molecule has 0 saturated carbocycles. The van der Waals surface area contributed by atoms with Crippen LogP contribution in [0, 0.1) is 17.8 Å². The molecule has 1 amide bonds. The summed E-state index contributed by atoms with van der Waals surface area (Å²) in [7, 11) is 0. The number of aliphatic carboxylic acids is 1. The van der Waals surface area contributed by atoms with E-state index in [1.54, 1.807) is 0 Å². The molecule has 20 heavy (non-hydrogen) atoms. The Balaban J connectivity index is 2.29. The Morgan fingerprint density at radius 1 is 1.40 bits per heavy atom. The largest absolute Gasteiger partial charge is 0.481 e. The van der Waals surface area contributed by atoms with Gasteiger partial charge >= 0.3 is 5.97 Å². The first kappa shape index (κ1) is 17.0. The lowest BCUT2D eigenvalue weighted by Crippen LogP contribution is -2.36. The van der Waals surface area contributed by atoms with Gasteiger partial charge in [0, 0.05) is 19.4 Å². The van der Waals surface area contributed by atoms with Crippen LogP contribution in [0.2, 0.25) is 0 Å². The number of hydrogen-bond acceptors (Lipinski definition) is 3. The molecule has 1 heterocycles. The second-order valence-electron chi connectivity index (χ2n) is 6.31. The topological polar surface area (TPSA) is 78.4 Å². The van der Waals surface area contributed by atoms with Crippen molar-refractivity contribution in [3.8, 4) is 0 Å². The first-order valence-electron chi connectivity index (χ1n) is 7.66. The SMILES string of the molecule is CC(C)C[C@H](CNC(=O)CC1CCCNC1)CC(=O)O. The summed E-state index contributed by atoms with van der Waals surface area (Å²) in [5.74, 6) is 0.158. The maximum atomic E-state index is 11.9. The highest BCUT2D eigenvalue weighted by molar-refractivity contribution is 5.76. The van der Waals surface area contributed by atoms with Crippen LogP contribution in [0.25, 0.3) is 0 Å². The fourth-order valence-electron chi connectivity index (χ4n) is 2.84. The number of carboxylic acid groups (broad SMARTS) is 1. The summed E-state index contributed by atoms with van der Waals surface area (Å²) in [5.41, 5.74) is 0. The molecule has 1 aliphatic rings. The number of carbonyl (C=O) groups excluding carboxylic acids is 1. The number of hydrogen-bond donors (Lipinski definition) is 3. The zero-order chi connectivity index (χ0) is 15.0. The van der Waals surface area contributed by atoms with Gasteiger partial charge in [-0.3, -0.25) is 9.59 Å². The maximum absolute atomic E-state index is 11.9. The van der Waals surface area contributed by atoms with E-state index in [0.29, 0.717) is 24.8 Å². The molecule has 1 unspecified atom stereocenters. The van der Waals surface area contributed by atoms with Gasteiger partial charge in [-0.15, -0.1) is 0 Å². The molecule has 0 radical (unpaired) electrons. The number of carboxylic acids is 1. The summed E-state index contributed by atoms with van der Waals surface area (Å²) in [6, 6.07) is 0.